The van der Waals surface area contributed by atoms with Crippen LogP contribution in [0.4, 0.5) is 0 Å². The second kappa shape index (κ2) is 47.5. The molecule has 0 saturated carbocycles. The average Bonchev–Trinajstić information content (AvgIpc) is 3.20. The first kappa shape index (κ1) is 61.6. The van der Waals surface area contributed by atoms with E-state index >= 15 is 0 Å². The van der Waals surface area contributed by atoms with E-state index in [-0.39, 0.29) is 70.8 Å². The van der Waals surface area contributed by atoms with Gasteiger partial charge >= 0.3 is 41.8 Å². The van der Waals surface area contributed by atoms with E-state index in [2.05, 4.69) is 71.9 Å². The third-order valence-electron chi connectivity index (χ3n) is 5.34. The Balaban J connectivity index is -0.000000209. The molecule has 330 valence electrons. The number of carbonyl (C=O) groups excluding carboxylic acids is 7. The van der Waals surface area contributed by atoms with Crippen molar-refractivity contribution in [2.45, 2.75) is 67.2 Å². The molecule has 0 amide bonds. The minimum atomic E-state index is -0.489. The predicted octanol–water partition coefficient (Wildman–Crippen LogP) is 5.86. The summed E-state index contributed by atoms with van der Waals surface area (Å²) in [7, 11) is 0. The lowest BCUT2D eigenvalue weighted by Gasteiger charge is -2.06. The molecule has 0 rings (SSSR count). The van der Waals surface area contributed by atoms with E-state index in [4.69, 9.17) is 23.7 Å². The number of esters is 7. The van der Waals surface area contributed by atoms with Gasteiger partial charge < -0.3 is 42.6 Å². The second-order valence-electron chi connectivity index (χ2n) is 10.8. The molecule has 0 aliphatic heterocycles. The van der Waals surface area contributed by atoms with E-state index in [0.717, 1.165) is 43.9 Å². The second-order valence-corrected chi connectivity index (χ2v) is 10.8. The molecule has 0 atom stereocenters. The van der Waals surface area contributed by atoms with E-state index in [1.165, 1.54) is 6.08 Å². The maximum Gasteiger partial charge on any atom is 0.333 e. The largest absolute Gasteiger partial charge is 0.463 e. The molecule has 0 N–H and O–H groups in total. The molecule has 0 aliphatic rings. The Kier molecular flexibility index (Phi) is 50.5. The van der Waals surface area contributed by atoms with E-state index in [9.17, 15) is 33.6 Å². The van der Waals surface area contributed by atoms with Gasteiger partial charge in [0.05, 0.1) is 46.2 Å². The number of unbranched alkanes of at least 4 members (excludes halogenated alkanes) is 2. The van der Waals surface area contributed by atoms with Gasteiger partial charge in [-0.3, -0.25) is 0 Å². The first-order valence-electron chi connectivity index (χ1n) is 18.3. The standard InChI is InChI=1S/C12H18O5.C10H14O5.C8H14O2.C7H12O2.C5H8O2/c1-9(2)11(13)16-7-5-15-6-8-17-12(14)10(3)4;1-3-9(11)14-7-5-13-6-8-15-10(12)4-2;1-4-5-6-10-8(9)7(2)3;1-3-5-6-9-7(8)4-2;1-3-5(6)7-4-2/h1,3,5-8H2,2,4H3;3-4H,1-2,5-8H2;2,4-6H2,1,3H3;4H,2-3,5-6H2,1H3;3H,1,4H2,2H3. The highest BCUT2D eigenvalue weighted by molar-refractivity contribution is 5.87. The number of carbonyl (C=O) groups is 7. The van der Waals surface area contributed by atoms with Gasteiger partial charge in [0.15, 0.2) is 0 Å². The molecule has 0 saturated heterocycles. The zero-order valence-corrected chi connectivity index (χ0v) is 35.4. The van der Waals surface area contributed by atoms with Crippen LogP contribution in [0.1, 0.15) is 67.2 Å². The third kappa shape index (κ3) is 54.7. The Morgan fingerprint density at radius 3 is 0.862 bits per heavy atom. The lowest BCUT2D eigenvalue weighted by Crippen LogP contribution is -2.14. The van der Waals surface area contributed by atoms with Crippen molar-refractivity contribution < 1.29 is 76.2 Å². The number of ether oxygens (including phenoxy) is 9. The Labute approximate surface area is 344 Å². The Morgan fingerprint density at radius 1 is 0.379 bits per heavy atom. The SMILES string of the molecule is C=C(C)C(=O)OCCCC.C=C(C)C(=O)OCCOCCOC(=O)C(=C)C.C=CC(=O)OCC.C=CC(=O)OCCCC.C=CC(=O)OCCOCCOC(=O)C=C. The Bertz CT molecular complexity index is 1210. The van der Waals surface area contributed by atoms with Crippen LogP contribution >= 0.6 is 0 Å². The van der Waals surface area contributed by atoms with Crippen LogP contribution in [0.5, 0.6) is 0 Å². The van der Waals surface area contributed by atoms with Crippen molar-refractivity contribution in [2.75, 3.05) is 72.7 Å². The maximum absolute atomic E-state index is 10.9. The van der Waals surface area contributed by atoms with Crippen molar-refractivity contribution >= 4 is 41.8 Å². The molecule has 0 unspecified atom stereocenters. The van der Waals surface area contributed by atoms with E-state index in [1.807, 2.05) is 6.92 Å². The van der Waals surface area contributed by atoms with E-state index in [0.29, 0.717) is 36.5 Å². The van der Waals surface area contributed by atoms with Crippen molar-refractivity contribution in [1.82, 2.24) is 0 Å². The lowest BCUT2D eigenvalue weighted by molar-refractivity contribution is -0.143. The summed E-state index contributed by atoms with van der Waals surface area (Å²) < 4.78 is 42.8. The van der Waals surface area contributed by atoms with E-state index < -0.39 is 23.9 Å². The highest BCUT2D eigenvalue weighted by Crippen LogP contribution is 1.95. The molecule has 0 aromatic heterocycles. The number of rotatable bonds is 26. The van der Waals surface area contributed by atoms with Gasteiger partial charge in [0, 0.05) is 41.0 Å². The molecule has 0 aromatic rings. The molecule has 0 bridgehead atoms. The van der Waals surface area contributed by atoms with Crippen LogP contribution in [-0.2, 0) is 76.2 Å². The summed E-state index contributed by atoms with van der Waals surface area (Å²) in [5, 5.41) is 0. The zero-order chi connectivity index (χ0) is 45.6. The van der Waals surface area contributed by atoms with Crippen LogP contribution in [0.25, 0.3) is 0 Å². The molecule has 0 aromatic carbocycles. The fraction of sp³-hybridized carbons (Fsp3) is 0.500. The monoisotopic (exact) mass is 826 g/mol. The normalized spacial score (nSPS) is 8.93. The van der Waals surface area contributed by atoms with Gasteiger partial charge in [0.2, 0.25) is 0 Å². The number of hydrogen-bond acceptors (Lipinski definition) is 16. The van der Waals surface area contributed by atoms with Crippen LogP contribution in [0.15, 0.2) is 87.1 Å². The summed E-state index contributed by atoms with van der Waals surface area (Å²) in [6.45, 7) is 37.0. The molecular weight excluding hydrogens is 760 g/mol. The van der Waals surface area contributed by atoms with Crippen LogP contribution in [0.2, 0.25) is 0 Å². The topological polar surface area (TPSA) is 203 Å². The van der Waals surface area contributed by atoms with Gasteiger partial charge in [0.25, 0.3) is 0 Å². The molecule has 16 nitrogen and oxygen atoms in total. The van der Waals surface area contributed by atoms with Gasteiger partial charge in [0.1, 0.15) is 26.4 Å². The molecule has 16 heteroatoms. The average molecular weight is 827 g/mol. The third-order valence-corrected chi connectivity index (χ3v) is 5.34. The summed E-state index contributed by atoms with van der Waals surface area (Å²) in [6, 6.07) is 0. The van der Waals surface area contributed by atoms with Crippen LogP contribution < -0.4 is 0 Å². The summed E-state index contributed by atoms with van der Waals surface area (Å²) in [5.41, 5.74) is 1.16. The Hall–Kier alpha value is -5.61. The molecule has 0 fully saturated rings. The zero-order valence-electron chi connectivity index (χ0n) is 35.4. The van der Waals surface area contributed by atoms with Crippen LogP contribution in [0.3, 0.4) is 0 Å². The van der Waals surface area contributed by atoms with E-state index in [1.54, 1.807) is 27.7 Å². The van der Waals surface area contributed by atoms with Crippen molar-refractivity contribution in [3.63, 3.8) is 0 Å². The van der Waals surface area contributed by atoms with Crippen molar-refractivity contribution in [3.05, 3.63) is 87.1 Å². The van der Waals surface area contributed by atoms with Crippen LogP contribution in [0, 0.1) is 0 Å². The molecule has 0 spiro atoms. The smallest absolute Gasteiger partial charge is 0.333 e. The fourth-order valence-corrected chi connectivity index (χ4v) is 2.37. The van der Waals surface area contributed by atoms with Gasteiger partial charge in [-0.15, -0.1) is 0 Å². The Morgan fingerprint density at radius 2 is 0.621 bits per heavy atom. The summed E-state index contributed by atoms with van der Waals surface area (Å²) >= 11 is 0. The number of hydrogen-bond donors (Lipinski definition) is 0. The predicted molar refractivity (Wildman–Crippen MR) is 219 cm³/mol. The molecule has 0 heterocycles. The summed E-state index contributed by atoms with van der Waals surface area (Å²) in [5.74, 6) is -2.84. The molecule has 0 radical (unpaired) electrons. The first-order valence-corrected chi connectivity index (χ1v) is 18.3. The van der Waals surface area contributed by atoms with Gasteiger partial charge in [-0.25, -0.2) is 33.6 Å². The minimum absolute atomic E-state index is 0.153. The van der Waals surface area contributed by atoms with Crippen molar-refractivity contribution in [3.8, 4) is 0 Å². The molecular formula is C42H66O16. The first-order chi connectivity index (χ1) is 27.4. The van der Waals surface area contributed by atoms with Gasteiger partial charge in [-0.05, 0) is 40.5 Å². The maximum atomic E-state index is 10.9. The van der Waals surface area contributed by atoms with Crippen molar-refractivity contribution in [1.29, 1.82) is 0 Å². The van der Waals surface area contributed by atoms with Crippen molar-refractivity contribution in [2.24, 2.45) is 0 Å². The molecule has 0 aliphatic carbocycles. The lowest BCUT2D eigenvalue weighted by atomic mass is 10.3. The van der Waals surface area contributed by atoms with Gasteiger partial charge in [-0.1, -0.05) is 72.7 Å². The summed E-state index contributed by atoms with van der Waals surface area (Å²) in [4.78, 5) is 74.1. The fourth-order valence-electron chi connectivity index (χ4n) is 2.37. The highest BCUT2D eigenvalue weighted by Gasteiger charge is 2.04. The molecule has 58 heavy (non-hydrogen) atoms. The summed E-state index contributed by atoms with van der Waals surface area (Å²) in [6.07, 6.45) is 8.42. The minimum Gasteiger partial charge on any atom is -0.463 e. The quantitative estimate of drug-likeness (QED) is 0.0434. The van der Waals surface area contributed by atoms with Gasteiger partial charge in [-0.2, -0.15) is 0 Å². The van der Waals surface area contributed by atoms with Crippen LogP contribution in [-0.4, -0.2) is 114 Å². The highest BCUT2D eigenvalue weighted by atomic mass is 16.6.